The predicted molar refractivity (Wildman–Crippen MR) is 135 cm³/mol. The van der Waals surface area contributed by atoms with Crippen LogP contribution >= 0.6 is 0 Å². The van der Waals surface area contributed by atoms with Crippen LogP contribution < -0.4 is 4.74 Å². The van der Waals surface area contributed by atoms with E-state index in [9.17, 15) is 15.0 Å². The van der Waals surface area contributed by atoms with Crippen molar-refractivity contribution < 1.29 is 19.7 Å². The summed E-state index contributed by atoms with van der Waals surface area (Å²) in [7, 11) is 1.62. The summed E-state index contributed by atoms with van der Waals surface area (Å²) in [5.74, 6) is -0.785. The molecule has 1 saturated carbocycles. The Balaban J connectivity index is 1.64. The van der Waals surface area contributed by atoms with Gasteiger partial charge in [0.25, 0.3) is 0 Å². The molecule has 3 aromatic rings. The van der Waals surface area contributed by atoms with Crippen LogP contribution in [0.5, 0.6) is 5.75 Å². The molecule has 182 valence electrons. The Morgan fingerprint density at radius 3 is 2.23 bits per heavy atom. The number of aliphatic hydroxyl groups is 1. The Kier molecular flexibility index (Phi) is 6.16. The molecule has 2 fully saturated rings. The fourth-order valence-electron chi connectivity index (χ4n) is 6.87. The SMILES string of the molecule is COc1ccc(C2(O)CCC(c3ccccc3)C3(C(=O)O)CN(Cc4ccccc4)C(C)C23)cc1. The van der Waals surface area contributed by atoms with Gasteiger partial charge >= 0.3 is 5.97 Å². The Morgan fingerprint density at radius 1 is 1.00 bits per heavy atom. The van der Waals surface area contributed by atoms with Crippen molar-refractivity contribution in [3.05, 3.63) is 102 Å². The number of carboxylic acids is 1. The lowest BCUT2D eigenvalue weighted by atomic mass is 9.52. The third-order valence-electron chi connectivity index (χ3n) is 8.45. The molecule has 0 radical (unpaired) electrons. The quantitative estimate of drug-likeness (QED) is 0.526. The predicted octanol–water partition coefficient (Wildman–Crippen LogP) is 5.05. The number of methoxy groups -OCH3 is 1. The number of fused-ring (bicyclic) bond motifs is 1. The molecule has 0 amide bonds. The van der Waals surface area contributed by atoms with Crippen LogP contribution in [-0.4, -0.2) is 40.8 Å². The molecule has 0 spiro atoms. The van der Waals surface area contributed by atoms with E-state index in [1.807, 2.05) is 72.8 Å². The monoisotopic (exact) mass is 471 g/mol. The third-order valence-corrected chi connectivity index (χ3v) is 8.45. The summed E-state index contributed by atoms with van der Waals surface area (Å²) in [6, 6.07) is 27.5. The molecular weight excluding hydrogens is 438 g/mol. The standard InChI is InChI=1S/C30H33NO4/c1-21-27-29(28(32)33,20-31(21)19-22-9-5-3-6-10-22)26(23-11-7-4-8-12-23)17-18-30(27,34)24-13-15-25(35-2)16-14-24/h3-16,21,26-27,34H,17-20H2,1-2H3,(H,32,33). The summed E-state index contributed by atoms with van der Waals surface area (Å²) in [5, 5.41) is 23.3. The van der Waals surface area contributed by atoms with Crippen LogP contribution in [0.25, 0.3) is 0 Å². The van der Waals surface area contributed by atoms with E-state index in [0.717, 1.165) is 16.7 Å². The molecule has 2 aliphatic rings. The first-order valence-electron chi connectivity index (χ1n) is 12.3. The summed E-state index contributed by atoms with van der Waals surface area (Å²) < 4.78 is 5.33. The van der Waals surface area contributed by atoms with Gasteiger partial charge in [-0.2, -0.15) is 0 Å². The van der Waals surface area contributed by atoms with E-state index in [1.165, 1.54) is 0 Å². The molecule has 5 heteroatoms. The van der Waals surface area contributed by atoms with Gasteiger partial charge in [-0.25, -0.2) is 0 Å². The number of hydrogen-bond donors (Lipinski definition) is 2. The van der Waals surface area contributed by atoms with E-state index in [-0.39, 0.29) is 12.0 Å². The van der Waals surface area contributed by atoms with Crippen molar-refractivity contribution in [1.29, 1.82) is 0 Å². The van der Waals surface area contributed by atoms with E-state index in [2.05, 4.69) is 24.0 Å². The van der Waals surface area contributed by atoms with Gasteiger partial charge < -0.3 is 14.9 Å². The number of ether oxygens (including phenoxy) is 1. The topological polar surface area (TPSA) is 70.0 Å². The number of hydrogen-bond acceptors (Lipinski definition) is 4. The molecule has 5 rings (SSSR count). The van der Waals surface area contributed by atoms with Crippen molar-refractivity contribution >= 4 is 5.97 Å². The normalized spacial score (nSPS) is 30.5. The van der Waals surface area contributed by atoms with Gasteiger partial charge in [0.15, 0.2) is 0 Å². The largest absolute Gasteiger partial charge is 0.497 e. The van der Waals surface area contributed by atoms with E-state index < -0.39 is 22.9 Å². The average Bonchev–Trinajstić information content (AvgIpc) is 3.19. The summed E-state index contributed by atoms with van der Waals surface area (Å²) in [5.41, 5.74) is 0.547. The van der Waals surface area contributed by atoms with Crippen LogP contribution in [0.2, 0.25) is 0 Å². The van der Waals surface area contributed by atoms with Gasteiger partial charge in [-0.15, -0.1) is 0 Å². The lowest BCUT2D eigenvalue weighted by Gasteiger charge is -2.52. The average molecular weight is 472 g/mol. The minimum absolute atomic E-state index is 0.134. The molecule has 5 unspecified atom stereocenters. The van der Waals surface area contributed by atoms with E-state index in [1.54, 1.807) is 7.11 Å². The van der Waals surface area contributed by atoms with Gasteiger partial charge in [-0.1, -0.05) is 72.8 Å². The first-order chi connectivity index (χ1) is 16.9. The molecule has 5 atom stereocenters. The molecule has 0 aromatic heterocycles. The zero-order valence-electron chi connectivity index (χ0n) is 20.3. The second-order valence-corrected chi connectivity index (χ2v) is 10.1. The third kappa shape index (κ3) is 3.83. The summed E-state index contributed by atoms with van der Waals surface area (Å²) >= 11 is 0. The van der Waals surface area contributed by atoms with Gasteiger partial charge in [-0.05, 0) is 48.6 Å². The van der Waals surface area contributed by atoms with Gasteiger partial charge in [0.2, 0.25) is 0 Å². The summed E-state index contributed by atoms with van der Waals surface area (Å²) in [6.45, 7) is 3.12. The van der Waals surface area contributed by atoms with Gasteiger partial charge in [0.05, 0.1) is 18.1 Å². The highest BCUT2D eigenvalue weighted by Gasteiger charge is 2.68. The summed E-state index contributed by atoms with van der Waals surface area (Å²) in [4.78, 5) is 15.6. The minimum Gasteiger partial charge on any atom is -0.497 e. The van der Waals surface area contributed by atoms with Gasteiger partial charge in [-0.3, -0.25) is 9.69 Å². The van der Waals surface area contributed by atoms with Crippen molar-refractivity contribution in [2.24, 2.45) is 11.3 Å². The van der Waals surface area contributed by atoms with Crippen LogP contribution in [0, 0.1) is 11.3 Å². The molecule has 1 aliphatic carbocycles. The molecule has 0 bridgehead atoms. The van der Waals surface area contributed by atoms with E-state index in [4.69, 9.17) is 4.74 Å². The molecule has 1 saturated heterocycles. The lowest BCUT2D eigenvalue weighted by Crippen LogP contribution is -2.57. The Labute approximate surface area is 207 Å². The number of carbonyl (C=O) groups is 1. The number of rotatable bonds is 6. The smallest absolute Gasteiger partial charge is 0.312 e. The fraction of sp³-hybridized carbons (Fsp3) is 0.367. The van der Waals surface area contributed by atoms with Crippen molar-refractivity contribution in [2.75, 3.05) is 13.7 Å². The second kappa shape index (κ2) is 9.14. The van der Waals surface area contributed by atoms with Gasteiger partial charge in [0.1, 0.15) is 5.75 Å². The maximum Gasteiger partial charge on any atom is 0.312 e. The van der Waals surface area contributed by atoms with Crippen molar-refractivity contribution in [1.82, 2.24) is 4.90 Å². The minimum atomic E-state index is -1.26. The van der Waals surface area contributed by atoms with E-state index >= 15 is 0 Å². The molecule has 35 heavy (non-hydrogen) atoms. The number of aliphatic carboxylic acids is 1. The Hall–Kier alpha value is -3.15. The first kappa shape index (κ1) is 23.6. The molecular formula is C30H33NO4. The number of likely N-dealkylation sites (tertiary alicyclic amines) is 1. The highest BCUT2D eigenvalue weighted by Crippen LogP contribution is 2.63. The van der Waals surface area contributed by atoms with Crippen LogP contribution in [-0.2, 0) is 16.9 Å². The molecule has 1 heterocycles. The lowest BCUT2D eigenvalue weighted by molar-refractivity contribution is -0.172. The molecule has 5 nitrogen and oxygen atoms in total. The van der Waals surface area contributed by atoms with Crippen LogP contribution in [0.4, 0.5) is 0 Å². The highest BCUT2D eigenvalue weighted by molar-refractivity contribution is 5.78. The van der Waals surface area contributed by atoms with Crippen LogP contribution in [0.1, 0.15) is 42.4 Å². The zero-order chi connectivity index (χ0) is 24.6. The van der Waals surface area contributed by atoms with Crippen molar-refractivity contribution in [3.63, 3.8) is 0 Å². The maximum absolute atomic E-state index is 13.3. The van der Waals surface area contributed by atoms with Crippen molar-refractivity contribution in [2.45, 2.75) is 43.9 Å². The van der Waals surface area contributed by atoms with E-state index in [0.29, 0.717) is 31.7 Å². The van der Waals surface area contributed by atoms with Crippen LogP contribution in [0.3, 0.4) is 0 Å². The summed E-state index contributed by atoms with van der Waals surface area (Å²) in [6.07, 6.45) is 1.10. The Bertz CT molecular complexity index is 1170. The highest BCUT2D eigenvalue weighted by atomic mass is 16.5. The van der Waals surface area contributed by atoms with Crippen molar-refractivity contribution in [3.8, 4) is 5.75 Å². The molecule has 3 aromatic carbocycles. The Morgan fingerprint density at radius 2 is 1.63 bits per heavy atom. The zero-order valence-corrected chi connectivity index (χ0v) is 20.3. The second-order valence-electron chi connectivity index (χ2n) is 10.1. The van der Waals surface area contributed by atoms with Crippen LogP contribution in [0.15, 0.2) is 84.9 Å². The molecule has 2 N–H and O–H groups in total. The van der Waals surface area contributed by atoms with Gasteiger partial charge in [0, 0.05) is 31.0 Å². The number of nitrogens with zero attached hydrogens (tertiary/aromatic N) is 1. The maximum atomic E-state index is 13.3. The number of benzene rings is 3. The number of carboxylic acid groups (broad SMARTS) is 1. The first-order valence-corrected chi connectivity index (χ1v) is 12.3. The fourth-order valence-corrected chi connectivity index (χ4v) is 6.87. The molecule has 1 aliphatic heterocycles.